The van der Waals surface area contributed by atoms with E-state index in [1.54, 1.807) is 21.9 Å². The third-order valence-electron chi connectivity index (χ3n) is 4.80. The molecule has 0 unspecified atom stereocenters. The molecule has 0 aliphatic carbocycles. The maximum absolute atomic E-state index is 13.1. The average molecular weight is 324 g/mol. The predicted molar refractivity (Wildman–Crippen MR) is 89.4 cm³/mol. The minimum Gasteiger partial charge on any atom is -0.312 e. The number of rotatable bonds is 2. The van der Waals surface area contributed by atoms with Crippen molar-refractivity contribution in [1.82, 2.24) is 0 Å². The van der Waals surface area contributed by atoms with Crippen molar-refractivity contribution in [2.24, 2.45) is 5.92 Å². The van der Waals surface area contributed by atoms with Gasteiger partial charge in [0.25, 0.3) is 0 Å². The first-order valence-electron chi connectivity index (χ1n) is 8.11. The number of amides is 2. The van der Waals surface area contributed by atoms with Crippen LogP contribution in [0.3, 0.4) is 0 Å². The molecule has 2 aromatic carbocycles. The molecule has 0 spiro atoms. The second kappa shape index (κ2) is 5.74. The van der Waals surface area contributed by atoms with E-state index < -0.39 is 5.92 Å². The highest BCUT2D eigenvalue weighted by Crippen LogP contribution is 2.32. The van der Waals surface area contributed by atoms with Gasteiger partial charge in [-0.25, -0.2) is 4.39 Å². The van der Waals surface area contributed by atoms with Gasteiger partial charge < -0.3 is 9.80 Å². The van der Waals surface area contributed by atoms with Crippen molar-refractivity contribution < 1.29 is 14.0 Å². The predicted octanol–water partition coefficient (Wildman–Crippen LogP) is 2.77. The van der Waals surface area contributed by atoms with Gasteiger partial charge in [-0.2, -0.15) is 0 Å². The molecule has 0 radical (unpaired) electrons. The Morgan fingerprint density at radius 2 is 1.79 bits per heavy atom. The van der Waals surface area contributed by atoms with Gasteiger partial charge in [0.2, 0.25) is 11.8 Å². The van der Waals surface area contributed by atoms with E-state index in [0.29, 0.717) is 25.2 Å². The number of hydrogen-bond acceptors (Lipinski definition) is 2. The first-order valence-corrected chi connectivity index (χ1v) is 8.11. The van der Waals surface area contributed by atoms with E-state index in [-0.39, 0.29) is 17.6 Å². The fraction of sp³-hybridized carbons (Fsp3) is 0.263. The molecule has 0 saturated carbocycles. The Morgan fingerprint density at radius 1 is 1.04 bits per heavy atom. The van der Waals surface area contributed by atoms with E-state index >= 15 is 0 Å². The summed E-state index contributed by atoms with van der Waals surface area (Å²) >= 11 is 0. The van der Waals surface area contributed by atoms with Gasteiger partial charge >= 0.3 is 0 Å². The van der Waals surface area contributed by atoms with E-state index in [9.17, 15) is 14.0 Å². The molecule has 4 rings (SSSR count). The number of halogens is 1. The third kappa shape index (κ3) is 2.37. The zero-order valence-corrected chi connectivity index (χ0v) is 13.1. The standard InChI is InChI=1S/C19H17FN2O2/c20-14-5-7-15(8-6-14)21-12-10-16(18(21)23)19(24)22-11-9-13-3-1-2-4-17(13)22/h1-8,16H,9-12H2/t16-/m1/s1. The Hall–Kier alpha value is -2.69. The molecule has 5 heteroatoms. The normalized spacial score (nSPS) is 19.7. The van der Waals surface area contributed by atoms with E-state index in [2.05, 4.69) is 0 Å². The van der Waals surface area contributed by atoms with Crippen LogP contribution >= 0.6 is 0 Å². The quantitative estimate of drug-likeness (QED) is 0.797. The summed E-state index contributed by atoms with van der Waals surface area (Å²) in [5.74, 6) is -1.32. The third-order valence-corrected chi connectivity index (χ3v) is 4.80. The summed E-state index contributed by atoms with van der Waals surface area (Å²) in [6.45, 7) is 1.11. The van der Waals surface area contributed by atoms with Crippen LogP contribution in [0.1, 0.15) is 12.0 Å². The van der Waals surface area contributed by atoms with Crippen molar-refractivity contribution in [3.05, 3.63) is 59.9 Å². The van der Waals surface area contributed by atoms with Crippen LogP contribution < -0.4 is 9.80 Å². The summed E-state index contributed by atoms with van der Waals surface area (Å²) < 4.78 is 13.1. The molecular weight excluding hydrogens is 307 g/mol. The van der Waals surface area contributed by atoms with E-state index in [4.69, 9.17) is 0 Å². The second-order valence-electron chi connectivity index (χ2n) is 6.18. The molecule has 122 valence electrons. The molecule has 1 atom stereocenters. The van der Waals surface area contributed by atoms with Gasteiger partial charge in [0.05, 0.1) is 0 Å². The van der Waals surface area contributed by atoms with Gasteiger partial charge in [-0.1, -0.05) is 18.2 Å². The number of carbonyl (C=O) groups excluding carboxylic acids is 2. The number of para-hydroxylation sites is 1. The molecule has 2 heterocycles. The van der Waals surface area contributed by atoms with Crippen LogP contribution in [0.2, 0.25) is 0 Å². The van der Waals surface area contributed by atoms with Crippen LogP contribution in [0.15, 0.2) is 48.5 Å². The summed E-state index contributed by atoms with van der Waals surface area (Å²) in [4.78, 5) is 28.9. The number of carbonyl (C=O) groups is 2. The highest BCUT2D eigenvalue weighted by molar-refractivity contribution is 6.14. The molecule has 1 saturated heterocycles. The van der Waals surface area contributed by atoms with E-state index in [0.717, 1.165) is 17.7 Å². The van der Waals surface area contributed by atoms with Gasteiger partial charge in [0.15, 0.2) is 0 Å². The summed E-state index contributed by atoms with van der Waals surface area (Å²) in [5.41, 5.74) is 2.70. The Balaban J connectivity index is 1.55. The first-order chi connectivity index (χ1) is 11.6. The monoisotopic (exact) mass is 324 g/mol. The maximum atomic E-state index is 13.1. The van der Waals surface area contributed by atoms with Gasteiger partial charge in [0.1, 0.15) is 11.7 Å². The molecule has 2 amide bonds. The zero-order chi connectivity index (χ0) is 16.7. The number of fused-ring (bicyclic) bond motifs is 1. The van der Waals surface area contributed by atoms with Crippen LogP contribution in [0.5, 0.6) is 0 Å². The lowest BCUT2D eigenvalue weighted by atomic mass is 10.1. The molecule has 24 heavy (non-hydrogen) atoms. The number of anilines is 2. The second-order valence-corrected chi connectivity index (χ2v) is 6.18. The molecule has 0 N–H and O–H groups in total. The molecule has 2 aromatic rings. The molecule has 4 nitrogen and oxygen atoms in total. The zero-order valence-electron chi connectivity index (χ0n) is 13.1. The highest BCUT2D eigenvalue weighted by atomic mass is 19.1. The first kappa shape index (κ1) is 14.9. The molecule has 2 aliphatic rings. The molecule has 0 bridgehead atoms. The lowest BCUT2D eigenvalue weighted by Gasteiger charge is -2.21. The lowest BCUT2D eigenvalue weighted by molar-refractivity contribution is -0.130. The molecule has 1 fully saturated rings. The van der Waals surface area contributed by atoms with Gasteiger partial charge in [0, 0.05) is 24.5 Å². The van der Waals surface area contributed by atoms with Crippen LogP contribution in [-0.2, 0) is 16.0 Å². The van der Waals surface area contributed by atoms with E-state index in [1.165, 1.54) is 12.1 Å². The van der Waals surface area contributed by atoms with E-state index in [1.807, 2.05) is 24.3 Å². The molecule has 2 aliphatic heterocycles. The lowest BCUT2D eigenvalue weighted by Crippen LogP contribution is -2.39. The van der Waals surface area contributed by atoms with Crippen LogP contribution in [-0.4, -0.2) is 24.9 Å². The molecule has 0 aromatic heterocycles. The van der Waals surface area contributed by atoms with Crippen molar-refractivity contribution >= 4 is 23.2 Å². The smallest absolute Gasteiger partial charge is 0.239 e. The van der Waals surface area contributed by atoms with Crippen LogP contribution in [0.4, 0.5) is 15.8 Å². The summed E-state index contributed by atoms with van der Waals surface area (Å²) in [5, 5.41) is 0. The Morgan fingerprint density at radius 3 is 2.58 bits per heavy atom. The summed E-state index contributed by atoms with van der Waals surface area (Å²) in [7, 11) is 0. The topological polar surface area (TPSA) is 40.6 Å². The molecular formula is C19H17FN2O2. The van der Waals surface area contributed by atoms with Crippen molar-refractivity contribution in [2.45, 2.75) is 12.8 Å². The minimum absolute atomic E-state index is 0.130. The average Bonchev–Trinajstić information content (AvgIpc) is 3.19. The van der Waals surface area contributed by atoms with Crippen molar-refractivity contribution in [3.8, 4) is 0 Å². The van der Waals surface area contributed by atoms with Gasteiger partial charge in [-0.15, -0.1) is 0 Å². The van der Waals surface area contributed by atoms with Gasteiger partial charge in [-0.05, 0) is 48.7 Å². The Kier molecular flexibility index (Phi) is 3.56. The maximum Gasteiger partial charge on any atom is 0.239 e. The van der Waals surface area contributed by atoms with Crippen molar-refractivity contribution in [3.63, 3.8) is 0 Å². The van der Waals surface area contributed by atoms with Crippen molar-refractivity contribution in [1.29, 1.82) is 0 Å². The fourth-order valence-corrected chi connectivity index (χ4v) is 3.54. The highest BCUT2D eigenvalue weighted by Gasteiger charge is 2.41. The Labute approximate surface area is 139 Å². The largest absolute Gasteiger partial charge is 0.312 e. The summed E-state index contributed by atoms with van der Waals surface area (Å²) in [6.07, 6.45) is 1.32. The van der Waals surface area contributed by atoms with Gasteiger partial charge in [-0.3, -0.25) is 9.59 Å². The van der Waals surface area contributed by atoms with Crippen molar-refractivity contribution in [2.75, 3.05) is 22.9 Å². The minimum atomic E-state index is -0.652. The number of hydrogen-bond donors (Lipinski definition) is 0. The van der Waals surface area contributed by atoms with Crippen LogP contribution in [0, 0.1) is 11.7 Å². The fourth-order valence-electron chi connectivity index (χ4n) is 3.54. The number of benzene rings is 2. The Bertz CT molecular complexity index is 803. The summed E-state index contributed by atoms with van der Waals surface area (Å²) in [6, 6.07) is 13.6. The number of nitrogens with zero attached hydrogens (tertiary/aromatic N) is 2. The SMILES string of the molecule is O=C1[C@H](C(=O)N2CCc3ccccc32)CCN1c1ccc(F)cc1. The van der Waals surface area contributed by atoms with Crippen LogP contribution in [0.25, 0.3) is 0 Å².